The lowest BCUT2D eigenvalue weighted by Crippen LogP contribution is -2.25. The van der Waals surface area contributed by atoms with Gasteiger partial charge in [-0.25, -0.2) is 4.68 Å². The van der Waals surface area contributed by atoms with Crippen LogP contribution in [0.5, 0.6) is 0 Å². The first-order valence-corrected chi connectivity index (χ1v) is 5.49. The zero-order valence-electron chi connectivity index (χ0n) is 10.6. The minimum atomic E-state index is -0.0935. The van der Waals surface area contributed by atoms with E-state index in [1.54, 1.807) is 11.7 Å². The number of likely N-dealkylation sites (N-methyl/N-ethyl adjacent to an activating group) is 1. The number of hydrogen-bond donors (Lipinski definition) is 2. The third-order valence-corrected chi connectivity index (χ3v) is 2.43. The third-order valence-electron chi connectivity index (χ3n) is 2.43. The minimum absolute atomic E-state index is 0. The number of hydrogen-bond acceptors (Lipinski definition) is 5. The molecule has 8 heteroatoms. The Balaban J connectivity index is 0.00000180. The lowest BCUT2D eigenvalue weighted by atomic mass is 10.2. The molecule has 2 N–H and O–H groups in total. The molecule has 1 aromatic heterocycles. The van der Waals surface area contributed by atoms with Crippen molar-refractivity contribution in [3.05, 3.63) is 30.1 Å². The fraction of sp³-hybridized carbons (Fsp3) is 0.273. The van der Waals surface area contributed by atoms with Gasteiger partial charge >= 0.3 is 0 Å². The molecule has 0 radical (unpaired) electrons. The Hall–Kier alpha value is -1.99. The van der Waals surface area contributed by atoms with Crippen LogP contribution in [0, 0.1) is 6.92 Å². The van der Waals surface area contributed by atoms with Crippen molar-refractivity contribution < 1.29 is 4.79 Å². The van der Waals surface area contributed by atoms with Crippen LogP contribution in [-0.4, -0.2) is 39.7 Å². The smallest absolute Gasteiger partial charge is 0.238 e. The van der Waals surface area contributed by atoms with Crippen molar-refractivity contribution in [3.63, 3.8) is 0 Å². The van der Waals surface area contributed by atoms with Crippen LogP contribution in [0.2, 0.25) is 0 Å². The number of tetrazole rings is 1. The van der Waals surface area contributed by atoms with E-state index in [0.29, 0.717) is 5.69 Å². The molecule has 2 aromatic rings. The molecule has 0 spiro atoms. The van der Waals surface area contributed by atoms with E-state index in [1.165, 1.54) is 6.33 Å². The number of halogens is 1. The Labute approximate surface area is 116 Å². The van der Waals surface area contributed by atoms with Gasteiger partial charge in [0.05, 0.1) is 12.2 Å². The van der Waals surface area contributed by atoms with E-state index in [2.05, 4.69) is 26.2 Å². The largest absolute Gasteiger partial charge is 0.325 e. The predicted octanol–water partition coefficient (Wildman–Crippen LogP) is 0.550. The van der Waals surface area contributed by atoms with Gasteiger partial charge in [0, 0.05) is 5.69 Å². The van der Waals surface area contributed by atoms with E-state index in [1.807, 2.05) is 25.1 Å². The van der Waals surface area contributed by atoms with Crippen LogP contribution < -0.4 is 10.6 Å². The number of amides is 1. The number of anilines is 1. The lowest BCUT2D eigenvalue weighted by molar-refractivity contribution is -0.115. The summed E-state index contributed by atoms with van der Waals surface area (Å²) in [5.74, 6) is -0.0935. The van der Waals surface area contributed by atoms with Crippen LogP contribution in [0.3, 0.4) is 0 Å². The van der Waals surface area contributed by atoms with Crippen molar-refractivity contribution in [2.45, 2.75) is 6.92 Å². The zero-order valence-corrected chi connectivity index (χ0v) is 11.4. The average molecular weight is 283 g/mol. The number of nitrogens with zero attached hydrogens (tertiary/aromatic N) is 4. The molecule has 0 aliphatic heterocycles. The van der Waals surface area contributed by atoms with Gasteiger partial charge in [-0.05, 0) is 42.1 Å². The second-order valence-corrected chi connectivity index (χ2v) is 3.83. The molecule has 0 unspecified atom stereocenters. The van der Waals surface area contributed by atoms with E-state index in [4.69, 9.17) is 0 Å². The normalized spacial score (nSPS) is 9.79. The van der Waals surface area contributed by atoms with Crippen LogP contribution in [-0.2, 0) is 4.79 Å². The van der Waals surface area contributed by atoms with Crippen molar-refractivity contribution in [2.24, 2.45) is 0 Å². The Bertz CT molecular complexity index is 542. The summed E-state index contributed by atoms with van der Waals surface area (Å²) in [6, 6.07) is 5.59. The SMILES string of the molecule is CNCC(=O)Nc1ccc(C)c(-n2cnnn2)c1.Cl. The van der Waals surface area contributed by atoms with Gasteiger partial charge in [-0.15, -0.1) is 17.5 Å². The molecule has 0 saturated heterocycles. The molecule has 0 aliphatic carbocycles. The van der Waals surface area contributed by atoms with E-state index in [9.17, 15) is 4.79 Å². The van der Waals surface area contributed by atoms with E-state index in [-0.39, 0.29) is 24.9 Å². The summed E-state index contributed by atoms with van der Waals surface area (Å²) in [4.78, 5) is 11.5. The summed E-state index contributed by atoms with van der Waals surface area (Å²) in [7, 11) is 1.72. The van der Waals surface area contributed by atoms with Gasteiger partial charge in [0.2, 0.25) is 5.91 Å². The Morgan fingerprint density at radius 3 is 2.84 bits per heavy atom. The molecule has 1 amide bonds. The molecule has 7 nitrogen and oxygen atoms in total. The summed E-state index contributed by atoms with van der Waals surface area (Å²) < 4.78 is 1.56. The van der Waals surface area contributed by atoms with Gasteiger partial charge in [-0.2, -0.15) is 0 Å². The summed E-state index contributed by atoms with van der Waals surface area (Å²) in [6.45, 7) is 2.23. The van der Waals surface area contributed by atoms with E-state index in [0.717, 1.165) is 11.3 Å². The highest BCUT2D eigenvalue weighted by atomic mass is 35.5. The Morgan fingerprint density at radius 2 is 2.21 bits per heavy atom. The van der Waals surface area contributed by atoms with Gasteiger partial charge in [0.25, 0.3) is 0 Å². The maximum atomic E-state index is 11.5. The lowest BCUT2D eigenvalue weighted by Gasteiger charge is -2.09. The summed E-state index contributed by atoms with van der Waals surface area (Å²) >= 11 is 0. The number of rotatable bonds is 4. The van der Waals surface area contributed by atoms with Crippen molar-refractivity contribution in [1.29, 1.82) is 0 Å². The monoisotopic (exact) mass is 282 g/mol. The van der Waals surface area contributed by atoms with Crippen LogP contribution in [0.25, 0.3) is 5.69 Å². The molecular weight excluding hydrogens is 268 g/mol. The van der Waals surface area contributed by atoms with Crippen LogP contribution in [0.15, 0.2) is 24.5 Å². The molecule has 0 fully saturated rings. The van der Waals surface area contributed by atoms with Gasteiger partial charge in [0.15, 0.2) is 0 Å². The van der Waals surface area contributed by atoms with E-state index >= 15 is 0 Å². The fourth-order valence-corrected chi connectivity index (χ4v) is 1.57. The van der Waals surface area contributed by atoms with Crippen LogP contribution in [0.4, 0.5) is 5.69 Å². The number of nitrogens with one attached hydrogen (secondary N) is 2. The molecule has 0 atom stereocenters. The molecular formula is C11H15ClN6O. The maximum Gasteiger partial charge on any atom is 0.238 e. The van der Waals surface area contributed by atoms with Crippen molar-refractivity contribution in [1.82, 2.24) is 25.5 Å². The van der Waals surface area contributed by atoms with Crippen molar-refractivity contribution in [3.8, 4) is 5.69 Å². The van der Waals surface area contributed by atoms with Crippen LogP contribution >= 0.6 is 12.4 Å². The second-order valence-electron chi connectivity index (χ2n) is 3.83. The Kier molecular flexibility index (Phi) is 5.40. The first kappa shape index (κ1) is 15.1. The fourth-order valence-electron chi connectivity index (χ4n) is 1.57. The van der Waals surface area contributed by atoms with Gasteiger partial charge < -0.3 is 10.6 Å². The van der Waals surface area contributed by atoms with E-state index < -0.39 is 0 Å². The molecule has 1 aromatic carbocycles. The highest BCUT2D eigenvalue weighted by Gasteiger charge is 2.06. The van der Waals surface area contributed by atoms with Gasteiger partial charge in [0.1, 0.15) is 6.33 Å². The quantitative estimate of drug-likeness (QED) is 0.855. The van der Waals surface area contributed by atoms with Crippen molar-refractivity contribution in [2.75, 3.05) is 18.9 Å². The van der Waals surface area contributed by atoms with Crippen molar-refractivity contribution >= 4 is 24.0 Å². The zero-order chi connectivity index (χ0) is 13.0. The topological polar surface area (TPSA) is 84.7 Å². The summed E-state index contributed by atoms with van der Waals surface area (Å²) in [5, 5.41) is 16.6. The summed E-state index contributed by atoms with van der Waals surface area (Å²) in [6.07, 6.45) is 1.52. The second kappa shape index (κ2) is 6.81. The standard InChI is InChI=1S/C11H14N6O.ClH/c1-8-3-4-9(14-11(18)6-12-2)5-10(8)17-7-13-15-16-17;/h3-5,7,12H,6H2,1-2H3,(H,14,18);1H. The number of carbonyl (C=O) groups excluding carboxylic acids is 1. The molecule has 0 saturated carbocycles. The summed E-state index contributed by atoms with van der Waals surface area (Å²) in [5.41, 5.74) is 2.57. The molecule has 2 rings (SSSR count). The average Bonchev–Trinajstić information content (AvgIpc) is 2.85. The molecule has 0 aliphatic rings. The molecule has 19 heavy (non-hydrogen) atoms. The molecule has 102 valence electrons. The first-order valence-electron chi connectivity index (χ1n) is 5.49. The third kappa shape index (κ3) is 3.73. The van der Waals surface area contributed by atoms with Gasteiger partial charge in [-0.1, -0.05) is 6.07 Å². The number of aromatic nitrogens is 4. The predicted molar refractivity (Wildman–Crippen MR) is 73.7 cm³/mol. The Morgan fingerprint density at radius 1 is 1.42 bits per heavy atom. The molecule has 0 bridgehead atoms. The van der Waals surface area contributed by atoms with Crippen LogP contribution in [0.1, 0.15) is 5.56 Å². The minimum Gasteiger partial charge on any atom is -0.325 e. The molecule has 1 heterocycles. The number of carbonyl (C=O) groups is 1. The highest BCUT2D eigenvalue weighted by molar-refractivity contribution is 5.92. The first-order chi connectivity index (χ1) is 8.70. The van der Waals surface area contributed by atoms with Gasteiger partial charge in [-0.3, -0.25) is 4.79 Å². The number of aryl methyl sites for hydroxylation is 1. The maximum absolute atomic E-state index is 11.5. The number of benzene rings is 1. The highest BCUT2D eigenvalue weighted by Crippen LogP contribution is 2.18.